The Hall–Kier alpha value is -3.54. The number of ether oxygens (including phenoxy) is 2. The summed E-state index contributed by atoms with van der Waals surface area (Å²) in [6.07, 6.45) is 1.65. The van der Waals surface area contributed by atoms with Crippen molar-refractivity contribution in [3.63, 3.8) is 0 Å². The molecule has 0 spiro atoms. The summed E-state index contributed by atoms with van der Waals surface area (Å²) in [7, 11) is 1.56. The van der Waals surface area contributed by atoms with Crippen molar-refractivity contribution < 1.29 is 14.3 Å². The fourth-order valence-corrected chi connectivity index (χ4v) is 3.19. The molecule has 1 heterocycles. The third kappa shape index (κ3) is 4.66. The SMILES string of the molecule is COc1ccccc1OCC(=O)N/N=C\c1cc(C)n(-c2ccccc2C)c1C. The maximum atomic E-state index is 12.0. The van der Waals surface area contributed by atoms with E-state index in [0.29, 0.717) is 11.5 Å². The zero-order valence-corrected chi connectivity index (χ0v) is 17.1. The Balaban J connectivity index is 1.64. The van der Waals surface area contributed by atoms with Crippen molar-refractivity contribution in [3.05, 3.63) is 77.1 Å². The Morgan fingerprint density at radius 3 is 2.48 bits per heavy atom. The van der Waals surface area contributed by atoms with Gasteiger partial charge in [-0.25, -0.2) is 5.43 Å². The van der Waals surface area contributed by atoms with Gasteiger partial charge in [0, 0.05) is 22.6 Å². The molecule has 0 fully saturated rings. The van der Waals surface area contributed by atoms with Crippen LogP contribution in [0.25, 0.3) is 5.69 Å². The van der Waals surface area contributed by atoms with Crippen LogP contribution in [0.1, 0.15) is 22.5 Å². The lowest BCUT2D eigenvalue weighted by molar-refractivity contribution is -0.123. The van der Waals surface area contributed by atoms with Gasteiger partial charge in [-0.05, 0) is 50.6 Å². The van der Waals surface area contributed by atoms with E-state index in [1.807, 2.05) is 37.3 Å². The zero-order chi connectivity index (χ0) is 20.8. The average molecular weight is 391 g/mol. The van der Waals surface area contributed by atoms with Crippen LogP contribution in [0.5, 0.6) is 11.5 Å². The first kappa shape index (κ1) is 20.2. The minimum absolute atomic E-state index is 0.153. The molecule has 6 nitrogen and oxygen atoms in total. The molecular formula is C23H25N3O3. The molecule has 6 heteroatoms. The van der Waals surface area contributed by atoms with E-state index in [-0.39, 0.29) is 12.5 Å². The number of benzene rings is 2. The molecule has 0 radical (unpaired) electrons. The van der Waals surface area contributed by atoms with Gasteiger partial charge in [0.25, 0.3) is 5.91 Å². The Bertz CT molecular complexity index is 1040. The van der Waals surface area contributed by atoms with E-state index in [1.165, 1.54) is 5.56 Å². The highest BCUT2D eigenvalue weighted by Gasteiger charge is 2.11. The van der Waals surface area contributed by atoms with Crippen LogP contribution in [-0.4, -0.2) is 30.4 Å². The fourth-order valence-electron chi connectivity index (χ4n) is 3.19. The van der Waals surface area contributed by atoms with Crippen LogP contribution in [-0.2, 0) is 4.79 Å². The van der Waals surface area contributed by atoms with Crippen molar-refractivity contribution in [2.75, 3.05) is 13.7 Å². The molecule has 29 heavy (non-hydrogen) atoms. The van der Waals surface area contributed by atoms with Gasteiger partial charge in [0.15, 0.2) is 18.1 Å². The first-order chi connectivity index (χ1) is 14.0. The highest BCUT2D eigenvalue weighted by Crippen LogP contribution is 2.25. The van der Waals surface area contributed by atoms with Crippen LogP contribution in [0, 0.1) is 20.8 Å². The molecule has 0 atom stereocenters. The molecule has 0 bridgehead atoms. The largest absolute Gasteiger partial charge is 0.493 e. The van der Waals surface area contributed by atoms with Gasteiger partial charge in [0.2, 0.25) is 0 Å². The zero-order valence-electron chi connectivity index (χ0n) is 17.1. The first-order valence-electron chi connectivity index (χ1n) is 9.34. The molecule has 1 amide bonds. The topological polar surface area (TPSA) is 64.8 Å². The summed E-state index contributed by atoms with van der Waals surface area (Å²) in [5, 5.41) is 4.08. The van der Waals surface area contributed by atoms with Crippen LogP contribution in [0.3, 0.4) is 0 Å². The molecule has 0 aliphatic heterocycles. The van der Waals surface area contributed by atoms with Gasteiger partial charge in [-0.1, -0.05) is 30.3 Å². The summed E-state index contributed by atoms with van der Waals surface area (Å²) >= 11 is 0. The monoisotopic (exact) mass is 391 g/mol. The molecule has 0 unspecified atom stereocenters. The Labute approximate surface area is 170 Å². The molecule has 2 aromatic carbocycles. The quantitative estimate of drug-likeness (QED) is 0.490. The fraction of sp³-hybridized carbons (Fsp3) is 0.217. The summed E-state index contributed by atoms with van der Waals surface area (Å²) in [6, 6.07) is 17.4. The van der Waals surface area contributed by atoms with Gasteiger partial charge in [-0.3, -0.25) is 4.79 Å². The van der Waals surface area contributed by atoms with Crippen molar-refractivity contribution in [2.45, 2.75) is 20.8 Å². The van der Waals surface area contributed by atoms with Crippen molar-refractivity contribution >= 4 is 12.1 Å². The smallest absolute Gasteiger partial charge is 0.277 e. The number of carbonyl (C=O) groups excluding carboxylic acids is 1. The molecule has 1 N–H and O–H groups in total. The summed E-state index contributed by atoms with van der Waals surface area (Å²) in [5.74, 6) is 0.739. The maximum Gasteiger partial charge on any atom is 0.277 e. The van der Waals surface area contributed by atoms with Gasteiger partial charge in [-0.2, -0.15) is 5.10 Å². The number of aromatic nitrogens is 1. The van der Waals surface area contributed by atoms with Crippen LogP contribution in [0.4, 0.5) is 0 Å². The lowest BCUT2D eigenvalue weighted by atomic mass is 10.2. The average Bonchev–Trinajstić information content (AvgIpc) is 3.00. The second kappa shape index (κ2) is 9.10. The van der Waals surface area contributed by atoms with Crippen molar-refractivity contribution in [1.82, 2.24) is 9.99 Å². The number of hydrazone groups is 1. The van der Waals surface area contributed by atoms with Gasteiger partial charge >= 0.3 is 0 Å². The van der Waals surface area contributed by atoms with Crippen molar-refractivity contribution in [1.29, 1.82) is 0 Å². The number of rotatable bonds is 7. The Morgan fingerprint density at radius 2 is 1.76 bits per heavy atom. The van der Waals surface area contributed by atoms with E-state index in [4.69, 9.17) is 9.47 Å². The number of methoxy groups -OCH3 is 1. The molecule has 0 saturated heterocycles. The van der Waals surface area contributed by atoms with Crippen molar-refractivity contribution in [3.8, 4) is 17.2 Å². The lowest BCUT2D eigenvalue weighted by Gasteiger charge is -2.12. The molecule has 1 aromatic heterocycles. The van der Waals surface area contributed by atoms with Gasteiger partial charge in [0.05, 0.1) is 13.3 Å². The highest BCUT2D eigenvalue weighted by atomic mass is 16.5. The number of aryl methyl sites for hydroxylation is 2. The number of hydrogen-bond acceptors (Lipinski definition) is 4. The van der Waals surface area contributed by atoms with Crippen LogP contribution >= 0.6 is 0 Å². The standard InChI is InChI=1S/C23H25N3O3/c1-16-9-5-6-10-20(16)26-17(2)13-19(18(26)3)14-24-25-23(27)15-29-22-12-8-7-11-21(22)28-4/h5-14H,15H2,1-4H3,(H,25,27)/b24-14-. The predicted octanol–water partition coefficient (Wildman–Crippen LogP) is 3.94. The highest BCUT2D eigenvalue weighted by molar-refractivity contribution is 5.84. The first-order valence-corrected chi connectivity index (χ1v) is 9.34. The van der Waals surface area contributed by atoms with Crippen LogP contribution in [0.2, 0.25) is 0 Å². The molecule has 0 aliphatic carbocycles. The minimum Gasteiger partial charge on any atom is -0.493 e. The van der Waals surface area contributed by atoms with Gasteiger partial charge < -0.3 is 14.0 Å². The molecule has 0 aliphatic rings. The predicted molar refractivity (Wildman–Crippen MR) is 114 cm³/mol. The molecular weight excluding hydrogens is 366 g/mol. The molecule has 3 aromatic rings. The minimum atomic E-state index is -0.347. The summed E-state index contributed by atoms with van der Waals surface area (Å²) in [4.78, 5) is 12.0. The van der Waals surface area contributed by atoms with E-state index in [1.54, 1.807) is 25.5 Å². The third-order valence-corrected chi connectivity index (χ3v) is 4.65. The molecule has 3 rings (SSSR count). The number of nitrogens with one attached hydrogen (secondary N) is 1. The molecule has 150 valence electrons. The van der Waals surface area contributed by atoms with E-state index in [9.17, 15) is 4.79 Å². The Morgan fingerprint density at radius 1 is 1.07 bits per heavy atom. The number of hydrogen-bond donors (Lipinski definition) is 1. The lowest BCUT2D eigenvalue weighted by Crippen LogP contribution is -2.24. The van der Waals surface area contributed by atoms with Crippen LogP contribution < -0.4 is 14.9 Å². The number of nitrogens with zero attached hydrogens (tertiary/aromatic N) is 2. The van der Waals surface area contributed by atoms with E-state index < -0.39 is 0 Å². The van der Waals surface area contributed by atoms with Crippen molar-refractivity contribution in [2.24, 2.45) is 5.10 Å². The summed E-state index contributed by atoms with van der Waals surface area (Å²) in [6.45, 7) is 6.02. The number of amides is 1. The Kier molecular flexibility index (Phi) is 6.34. The normalized spacial score (nSPS) is 10.9. The molecule has 0 saturated carbocycles. The second-order valence-corrected chi connectivity index (χ2v) is 6.68. The summed E-state index contributed by atoms with van der Waals surface area (Å²) < 4.78 is 12.9. The van der Waals surface area contributed by atoms with E-state index >= 15 is 0 Å². The van der Waals surface area contributed by atoms with Crippen LogP contribution in [0.15, 0.2) is 59.7 Å². The maximum absolute atomic E-state index is 12.0. The second-order valence-electron chi connectivity index (χ2n) is 6.68. The van der Waals surface area contributed by atoms with Gasteiger partial charge in [0.1, 0.15) is 0 Å². The number of para-hydroxylation sites is 3. The summed E-state index contributed by atoms with van der Waals surface area (Å²) in [5.41, 5.74) is 7.93. The van der Waals surface area contributed by atoms with E-state index in [2.05, 4.69) is 41.1 Å². The number of carbonyl (C=O) groups is 1. The third-order valence-electron chi connectivity index (χ3n) is 4.65. The van der Waals surface area contributed by atoms with Gasteiger partial charge in [-0.15, -0.1) is 0 Å². The van der Waals surface area contributed by atoms with E-state index in [0.717, 1.165) is 22.6 Å².